The molecule has 5 nitrogen and oxygen atoms in total. The number of aromatic nitrogens is 1. The van der Waals surface area contributed by atoms with Crippen molar-refractivity contribution in [1.29, 1.82) is 0 Å². The van der Waals surface area contributed by atoms with Gasteiger partial charge in [-0.3, -0.25) is 4.79 Å². The van der Waals surface area contributed by atoms with E-state index in [0.29, 0.717) is 23.3 Å². The quantitative estimate of drug-likeness (QED) is 0.559. The Hall–Kier alpha value is -2.08. The first kappa shape index (κ1) is 17.7. The van der Waals surface area contributed by atoms with E-state index in [4.69, 9.17) is 4.74 Å². The number of hydrogen-bond acceptors (Lipinski definition) is 4. The molecule has 0 bridgehead atoms. The van der Waals surface area contributed by atoms with Crippen molar-refractivity contribution in [2.75, 3.05) is 6.61 Å². The van der Waals surface area contributed by atoms with Crippen LogP contribution in [0.1, 0.15) is 23.3 Å². The number of rotatable bonds is 2. The molecule has 1 aliphatic heterocycles. The van der Waals surface area contributed by atoms with E-state index in [1.165, 1.54) is 6.20 Å². The van der Waals surface area contributed by atoms with Crippen LogP contribution in [0.4, 0.5) is 0 Å². The van der Waals surface area contributed by atoms with Crippen molar-refractivity contribution in [3.63, 3.8) is 0 Å². The van der Waals surface area contributed by atoms with Gasteiger partial charge in [0.25, 0.3) is 0 Å². The molecule has 0 aliphatic carbocycles. The van der Waals surface area contributed by atoms with E-state index in [2.05, 4.69) is 0 Å². The number of carboxylic acids is 1. The molecule has 0 amide bonds. The molecule has 1 unspecified atom stereocenters. The summed E-state index contributed by atoms with van der Waals surface area (Å²) in [7, 11) is 0. The summed E-state index contributed by atoms with van der Waals surface area (Å²) < 4.78 is 7.72. The van der Waals surface area contributed by atoms with Crippen molar-refractivity contribution in [3.8, 4) is 16.9 Å². The minimum Gasteiger partial charge on any atom is -0.545 e. The number of benzene rings is 2. The summed E-state index contributed by atoms with van der Waals surface area (Å²) in [4.78, 5) is 23.8. The van der Waals surface area contributed by atoms with E-state index in [1.807, 2.05) is 37.3 Å². The van der Waals surface area contributed by atoms with Crippen LogP contribution in [-0.2, 0) is 0 Å². The molecule has 1 aromatic heterocycles. The van der Waals surface area contributed by atoms with Crippen molar-refractivity contribution in [2.24, 2.45) is 0 Å². The minimum absolute atomic E-state index is 0. The molecule has 2 aromatic carbocycles. The van der Waals surface area contributed by atoms with E-state index in [9.17, 15) is 14.7 Å². The van der Waals surface area contributed by atoms with Crippen LogP contribution in [0.25, 0.3) is 22.0 Å². The molecular weight excluding hydrogens is 329 g/mol. The molecule has 2 heterocycles. The van der Waals surface area contributed by atoms with Gasteiger partial charge in [0, 0.05) is 11.8 Å². The predicted octanol–water partition coefficient (Wildman–Crippen LogP) is -1.01. The minimum atomic E-state index is -1.46. The number of hydrogen-bond donors (Lipinski definition) is 0. The second kappa shape index (κ2) is 6.67. The maximum Gasteiger partial charge on any atom is 1.00 e. The van der Waals surface area contributed by atoms with E-state index in [0.717, 1.165) is 11.1 Å². The number of carbonyl (C=O) groups is 1. The van der Waals surface area contributed by atoms with Crippen LogP contribution < -0.4 is 44.8 Å². The van der Waals surface area contributed by atoms with Crippen LogP contribution in [0.15, 0.2) is 53.5 Å². The van der Waals surface area contributed by atoms with Gasteiger partial charge in [-0.25, -0.2) is 0 Å². The van der Waals surface area contributed by atoms with Crippen LogP contribution in [0, 0.1) is 0 Å². The van der Waals surface area contributed by atoms with Crippen LogP contribution in [0.5, 0.6) is 5.75 Å². The van der Waals surface area contributed by atoms with Crippen molar-refractivity contribution in [1.82, 2.24) is 4.57 Å². The molecule has 0 saturated heterocycles. The summed E-state index contributed by atoms with van der Waals surface area (Å²) in [6.45, 7) is 2.32. The van der Waals surface area contributed by atoms with Gasteiger partial charge in [0.1, 0.15) is 6.61 Å². The number of pyridine rings is 1. The molecule has 0 radical (unpaired) electrons. The number of nitrogens with zero attached hydrogens (tertiary/aromatic N) is 1. The Labute approximate surface area is 166 Å². The SMILES string of the molecule is CC1COc2c(-c3ccccc3)ccc3c(=O)c(C(=O)[O-])cn1c23.[Na+]. The second-order valence-electron chi connectivity index (χ2n) is 5.93. The monoisotopic (exact) mass is 343 g/mol. The van der Waals surface area contributed by atoms with Crippen LogP contribution >= 0.6 is 0 Å². The van der Waals surface area contributed by atoms with Gasteiger partial charge in [-0.05, 0) is 24.6 Å². The third-order valence-electron chi connectivity index (χ3n) is 4.40. The summed E-state index contributed by atoms with van der Waals surface area (Å²) in [6, 6.07) is 13.1. The van der Waals surface area contributed by atoms with Gasteiger partial charge in [-0.2, -0.15) is 0 Å². The van der Waals surface area contributed by atoms with E-state index in [1.54, 1.807) is 16.7 Å². The summed E-state index contributed by atoms with van der Waals surface area (Å²) >= 11 is 0. The third kappa shape index (κ3) is 2.78. The Kier molecular flexibility index (Phi) is 4.73. The molecule has 0 saturated carbocycles. The third-order valence-corrected chi connectivity index (χ3v) is 4.40. The Morgan fingerprint density at radius 1 is 1.20 bits per heavy atom. The van der Waals surface area contributed by atoms with Crippen molar-refractivity contribution in [2.45, 2.75) is 13.0 Å². The van der Waals surface area contributed by atoms with Crippen molar-refractivity contribution < 1.29 is 44.2 Å². The van der Waals surface area contributed by atoms with E-state index in [-0.39, 0.29) is 41.2 Å². The summed E-state index contributed by atoms with van der Waals surface area (Å²) in [5.74, 6) is -0.850. The molecule has 25 heavy (non-hydrogen) atoms. The van der Waals surface area contributed by atoms with E-state index < -0.39 is 11.4 Å². The standard InChI is InChI=1S/C19H15NO4.Na/c1-11-10-24-18-13(12-5-3-2-4-6-12)7-8-14-16(18)20(11)9-15(17(14)21)19(22)23;/h2-9,11H,10H2,1H3,(H,22,23);/q;+1/p-1. The molecule has 0 fully saturated rings. The van der Waals surface area contributed by atoms with Gasteiger partial charge < -0.3 is 19.2 Å². The number of carbonyl (C=O) groups excluding carboxylic acids is 1. The molecule has 1 atom stereocenters. The largest absolute Gasteiger partial charge is 1.00 e. The number of aromatic carboxylic acids is 1. The molecule has 0 N–H and O–H groups in total. The van der Waals surface area contributed by atoms with E-state index >= 15 is 0 Å². The average molecular weight is 343 g/mol. The molecule has 120 valence electrons. The van der Waals surface area contributed by atoms with Gasteiger partial charge in [0.2, 0.25) is 0 Å². The van der Waals surface area contributed by atoms with Crippen molar-refractivity contribution >= 4 is 16.9 Å². The zero-order valence-corrected chi connectivity index (χ0v) is 16.0. The fraction of sp³-hybridized carbons (Fsp3) is 0.158. The maximum absolute atomic E-state index is 12.5. The van der Waals surface area contributed by atoms with Crippen molar-refractivity contribution in [3.05, 3.63) is 64.4 Å². The smallest absolute Gasteiger partial charge is 0.545 e. The summed E-state index contributed by atoms with van der Waals surface area (Å²) in [5.41, 5.74) is 1.62. The van der Waals surface area contributed by atoms with Gasteiger partial charge in [0.05, 0.1) is 28.5 Å². The molecule has 1 aliphatic rings. The number of carboxylic acid groups (broad SMARTS) is 1. The molecule has 3 aromatic rings. The van der Waals surface area contributed by atoms with Gasteiger partial charge in [-0.1, -0.05) is 30.3 Å². The average Bonchev–Trinajstić information content (AvgIpc) is 2.59. The Morgan fingerprint density at radius 3 is 2.60 bits per heavy atom. The molecule has 6 heteroatoms. The van der Waals surface area contributed by atoms with Crippen LogP contribution in [0.3, 0.4) is 0 Å². The van der Waals surface area contributed by atoms with Gasteiger partial charge >= 0.3 is 29.6 Å². The van der Waals surface area contributed by atoms with Gasteiger partial charge in [-0.15, -0.1) is 0 Å². The first-order valence-corrected chi connectivity index (χ1v) is 7.69. The Bertz CT molecular complexity index is 1030. The summed E-state index contributed by atoms with van der Waals surface area (Å²) in [5, 5.41) is 11.6. The first-order chi connectivity index (χ1) is 11.6. The normalized spacial score (nSPS) is 15.3. The fourth-order valence-corrected chi connectivity index (χ4v) is 3.19. The van der Waals surface area contributed by atoms with Gasteiger partial charge in [0.15, 0.2) is 11.2 Å². The van der Waals surface area contributed by atoms with Crippen LogP contribution in [-0.4, -0.2) is 17.1 Å². The molecule has 4 rings (SSSR count). The Balaban J connectivity index is 0.00000182. The first-order valence-electron chi connectivity index (χ1n) is 7.69. The maximum atomic E-state index is 12.5. The van der Waals surface area contributed by atoms with Crippen LogP contribution in [0.2, 0.25) is 0 Å². The Morgan fingerprint density at radius 2 is 1.92 bits per heavy atom. The summed E-state index contributed by atoms with van der Waals surface area (Å²) in [6.07, 6.45) is 1.37. The fourth-order valence-electron chi connectivity index (χ4n) is 3.19. The number of ether oxygens (including phenoxy) is 1. The molecule has 0 spiro atoms. The molecular formula is C19H14NNaO4. The topological polar surface area (TPSA) is 71.4 Å². The zero-order valence-electron chi connectivity index (χ0n) is 14.0. The second-order valence-corrected chi connectivity index (χ2v) is 5.93. The predicted molar refractivity (Wildman–Crippen MR) is 88.2 cm³/mol. The zero-order chi connectivity index (χ0) is 16.8.